The predicted octanol–water partition coefficient (Wildman–Crippen LogP) is 3.20. The Morgan fingerprint density at radius 2 is 2.16 bits per heavy atom. The number of benzene rings is 1. The van der Waals surface area contributed by atoms with E-state index in [4.69, 9.17) is 4.98 Å². The molecule has 2 aromatic rings. The number of aliphatic hydroxyl groups is 1. The number of hydrogen-bond donors (Lipinski definition) is 1. The van der Waals surface area contributed by atoms with Gasteiger partial charge in [0.1, 0.15) is 5.82 Å². The second-order valence-electron chi connectivity index (χ2n) is 5.29. The maximum absolute atomic E-state index is 9.98. The van der Waals surface area contributed by atoms with Crippen molar-refractivity contribution in [1.82, 2.24) is 4.98 Å². The molecule has 0 bridgehead atoms. The lowest BCUT2D eigenvalue weighted by Gasteiger charge is -2.35. The molecule has 0 amide bonds. The third kappa shape index (κ3) is 2.60. The Kier molecular flexibility index (Phi) is 3.46. The fourth-order valence-corrected chi connectivity index (χ4v) is 2.90. The Bertz CT molecular complexity index is 602. The number of rotatable bonds is 1. The number of pyridine rings is 1. The van der Waals surface area contributed by atoms with Crippen molar-refractivity contribution in [3.63, 3.8) is 0 Å². The number of aliphatic hydroxyl groups excluding tert-OH is 1. The van der Waals surface area contributed by atoms with Gasteiger partial charge >= 0.3 is 0 Å². The van der Waals surface area contributed by atoms with E-state index in [9.17, 15) is 5.11 Å². The van der Waals surface area contributed by atoms with Gasteiger partial charge in [0.25, 0.3) is 0 Å². The second kappa shape index (κ2) is 5.10. The molecular weight excluding hydrogens is 304 g/mol. The minimum Gasteiger partial charge on any atom is -0.391 e. The van der Waals surface area contributed by atoms with Gasteiger partial charge in [0.05, 0.1) is 11.6 Å². The maximum Gasteiger partial charge on any atom is 0.129 e. The van der Waals surface area contributed by atoms with Gasteiger partial charge in [0, 0.05) is 22.9 Å². The highest BCUT2D eigenvalue weighted by Crippen LogP contribution is 2.25. The summed E-state index contributed by atoms with van der Waals surface area (Å²) in [6.07, 6.45) is 0.762. The molecule has 1 aromatic heterocycles. The summed E-state index contributed by atoms with van der Waals surface area (Å²) < 4.78 is 1.07. The topological polar surface area (TPSA) is 36.4 Å². The average molecular weight is 321 g/mol. The molecule has 19 heavy (non-hydrogen) atoms. The third-order valence-electron chi connectivity index (χ3n) is 3.88. The number of aromatic nitrogens is 1. The van der Waals surface area contributed by atoms with Crippen LogP contribution in [0.1, 0.15) is 13.3 Å². The number of nitrogens with zero attached hydrogens (tertiary/aromatic N) is 2. The molecule has 1 aromatic carbocycles. The van der Waals surface area contributed by atoms with Gasteiger partial charge in [0.15, 0.2) is 0 Å². The van der Waals surface area contributed by atoms with E-state index in [1.165, 1.54) is 0 Å². The normalized spacial score (nSPS) is 23.8. The van der Waals surface area contributed by atoms with Crippen LogP contribution in [0, 0.1) is 5.92 Å². The number of hydrogen-bond acceptors (Lipinski definition) is 3. The number of halogens is 1. The molecule has 1 N–H and O–H groups in total. The molecule has 0 saturated carbocycles. The van der Waals surface area contributed by atoms with E-state index < -0.39 is 0 Å². The summed E-state index contributed by atoms with van der Waals surface area (Å²) >= 11 is 3.47. The van der Waals surface area contributed by atoms with Gasteiger partial charge < -0.3 is 10.0 Å². The summed E-state index contributed by atoms with van der Waals surface area (Å²) in [5, 5.41) is 11.1. The van der Waals surface area contributed by atoms with Gasteiger partial charge in [-0.2, -0.15) is 0 Å². The molecule has 1 fully saturated rings. The third-order valence-corrected chi connectivity index (χ3v) is 4.37. The molecule has 0 aliphatic carbocycles. The molecule has 1 aliphatic rings. The first-order valence-electron chi connectivity index (χ1n) is 6.63. The van der Waals surface area contributed by atoms with Crippen LogP contribution < -0.4 is 4.90 Å². The quantitative estimate of drug-likeness (QED) is 0.876. The molecule has 1 aliphatic heterocycles. The fourth-order valence-electron chi connectivity index (χ4n) is 2.52. The van der Waals surface area contributed by atoms with Crippen LogP contribution in [0.25, 0.3) is 10.9 Å². The van der Waals surface area contributed by atoms with Crippen LogP contribution in [-0.4, -0.2) is 29.3 Å². The van der Waals surface area contributed by atoms with Crippen LogP contribution in [0.15, 0.2) is 34.8 Å². The SMILES string of the molecule is CC1CCN(c2ccc3cc(Br)ccc3n2)CC1O. The summed E-state index contributed by atoms with van der Waals surface area (Å²) in [5.41, 5.74) is 0.994. The van der Waals surface area contributed by atoms with Crippen molar-refractivity contribution in [2.75, 3.05) is 18.0 Å². The molecular formula is C15H17BrN2O. The van der Waals surface area contributed by atoms with Crippen LogP contribution in [0.5, 0.6) is 0 Å². The van der Waals surface area contributed by atoms with E-state index in [1.807, 2.05) is 18.2 Å². The second-order valence-corrected chi connectivity index (χ2v) is 6.20. The molecule has 3 rings (SSSR count). The highest BCUT2D eigenvalue weighted by molar-refractivity contribution is 9.10. The number of fused-ring (bicyclic) bond motifs is 1. The maximum atomic E-state index is 9.98. The lowest BCUT2D eigenvalue weighted by atomic mass is 9.96. The van der Waals surface area contributed by atoms with Crippen LogP contribution in [0.4, 0.5) is 5.82 Å². The largest absolute Gasteiger partial charge is 0.391 e. The molecule has 100 valence electrons. The van der Waals surface area contributed by atoms with Crippen molar-refractivity contribution < 1.29 is 5.11 Å². The molecule has 4 heteroatoms. The van der Waals surface area contributed by atoms with Gasteiger partial charge in [-0.1, -0.05) is 22.9 Å². The average Bonchev–Trinajstić information content (AvgIpc) is 2.41. The summed E-state index contributed by atoms with van der Waals surface area (Å²) in [4.78, 5) is 6.87. The first-order chi connectivity index (χ1) is 9.13. The van der Waals surface area contributed by atoms with Gasteiger partial charge in [-0.05, 0) is 42.7 Å². The van der Waals surface area contributed by atoms with Gasteiger partial charge in [-0.3, -0.25) is 0 Å². The summed E-state index contributed by atoms with van der Waals surface area (Å²) in [6.45, 7) is 3.75. The zero-order valence-corrected chi connectivity index (χ0v) is 12.5. The Hall–Kier alpha value is -1.13. The van der Waals surface area contributed by atoms with Crippen molar-refractivity contribution in [2.24, 2.45) is 5.92 Å². The van der Waals surface area contributed by atoms with E-state index >= 15 is 0 Å². The van der Waals surface area contributed by atoms with Gasteiger partial charge in [-0.25, -0.2) is 4.98 Å². The van der Waals surface area contributed by atoms with Crippen LogP contribution in [-0.2, 0) is 0 Å². The Labute approximate surface area is 121 Å². The van der Waals surface area contributed by atoms with Crippen molar-refractivity contribution >= 4 is 32.7 Å². The van der Waals surface area contributed by atoms with Crippen molar-refractivity contribution in [1.29, 1.82) is 0 Å². The van der Waals surface area contributed by atoms with Crippen molar-refractivity contribution in [3.8, 4) is 0 Å². The first kappa shape index (κ1) is 12.9. The van der Waals surface area contributed by atoms with Gasteiger partial charge in [-0.15, -0.1) is 0 Å². The zero-order chi connectivity index (χ0) is 13.4. The van der Waals surface area contributed by atoms with E-state index in [0.717, 1.165) is 34.2 Å². The van der Waals surface area contributed by atoms with Gasteiger partial charge in [0.2, 0.25) is 0 Å². The summed E-state index contributed by atoms with van der Waals surface area (Å²) in [6, 6.07) is 10.2. The van der Waals surface area contributed by atoms with Crippen molar-refractivity contribution in [2.45, 2.75) is 19.4 Å². The van der Waals surface area contributed by atoms with Crippen LogP contribution >= 0.6 is 15.9 Å². The molecule has 3 nitrogen and oxygen atoms in total. The molecule has 2 unspecified atom stereocenters. The van der Waals surface area contributed by atoms with Crippen molar-refractivity contribution in [3.05, 3.63) is 34.8 Å². The summed E-state index contributed by atoms with van der Waals surface area (Å²) in [5.74, 6) is 1.34. The Morgan fingerprint density at radius 3 is 2.95 bits per heavy atom. The van der Waals surface area contributed by atoms with E-state index in [-0.39, 0.29) is 6.10 Å². The minimum atomic E-state index is -0.254. The lowest BCUT2D eigenvalue weighted by Crippen LogP contribution is -2.43. The Morgan fingerprint density at radius 1 is 1.32 bits per heavy atom. The predicted molar refractivity (Wildman–Crippen MR) is 81.4 cm³/mol. The van der Waals surface area contributed by atoms with E-state index in [2.05, 4.69) is 39.9 Å². The fraction of sp³-hybridized carbons (Fsp3) is 0.400. The minimum absolute atomic E-state index is 0.254. The van der Waals surface area contributed by atoms with E-state index in [1.54, 1.807) is 0 Å². The molecule has 2 heterocycles. The van der Waals surface area contributed by atoms with E-state index in [0.29, 0.717) is 12.5 Å². The number of piperidine rings is 1. The van der Waals surface area contributed by atoms with Crippen LogP contribution in [0.2, 0.25) is 0 Å². The zero-order valence-electron chi connectivity index (χ0n) is 10.9. The molecule has 1 saturated heterocycles. The number of anilines is 1. The highest BCUT2D eigenvalue weighted by atomic mass is 79.9. The molecule has 2 atom stereocenters. The molecule has 0 radical (unpaired) electrons. The lowest BCUT2D eigenvalue weighted by molar-refractivity contribution is 0.102. The standard InChI is InChI=1S/C15H17BrN2O/c1-10-6-7-18(9-14(10)19)15-5-2-11-8-12(16)3-4-13(11)17-15/h2-5,8,10,14,19H,6-7,9H2,1H3. The number of β-amino-alcohol motifs (C(OH)–C–C–N with tert-alkyl or cyclic N) is 1. The Balaban J connectivity index is 1.91. The monoisotopic (exact) mass is 320 g/mol. The smallest absolute Gasteiger partial charge is 0.129 e. The first-order valence-corrected chi connectivity index (χ1v) is 7.42. The summed E-state index contributed by atoms with van der Waals surface area (Å²) in [7, 11) is 0. The molecule has 0 spiro atoms. The van der Waals surface area contributed by atoms with Crippen LogP contribution in [0.3, 0.4) is 0 Å². The highest BCUT2D eigenvalue weighted by Gasteiger charge is 2.24.